The summed E-state index contributed by atoms with van der Waals surface area (Å²) in [6.07, 6.45) is 1.76. The van der Waals surface area contributed by atoms with Crippen LogP contribution in [-0.2, 0) is 16.1 Å². The fourth-order valence-corrected chi connectivity index (χ4v) is 5.76. The van der Waals surface area contributed by atoms with Crippen molar-refractivity contribution in [2.24, 2.45) is 4.99 Å². The first-order chi connectivity index (χ1) is 20.3. The van der Waals surface area contributed by atoms with E-state index in [0.717, 1.165) is 5.56 Å². The Morgan fingerprint density at radius 2 is 1.79 bits per heavy atom. The van der Waals surface area contributed by atoms with Crippen LogP contribution in [-0.4, -0.2) is 31.4 Å². The summed E-state index contributed by atoms with van der Waals surface area (Å²) >= 11 is 1.22. The topological polar surface area (TPSA) is 88.4 Å². The molecule has 0 N–H and O–H groups in total. The van der Waals surface area contributed by atoms with E-state index in [4.69, 9.17) is 18.9 Å². The van der Waals surface area contributed by atoms with E-state index in [2.05, 4.69) is 4.99 Å². The zero-order valence-electron chi connectivity index (χ0n) is 23.5. The fourth-order valence-electron chi connectivity index (χ4n) is 4.72. The molecule has 0 radical (unpaired) electrons. The number of esters is 1. The zero-order chi connectivity index (χ0) is 29.8. The van der Waals surface area contributed by atoms with Crippen molar-refractivity contribution in [2.45, 2.75) is 26.5 Å². The molecule has 5 rings (SSSR count). The molecule has 0 bridgehead atoms. The van der Waals surface area contributed by atoms with Crippen LogP contribution in [0, 0.1) is 5.82 Å². The zero-order valence-corrected chi connectivity index (χ0v) is 24.4. The number of methoxy groups -OCH3 is 2. The van der Waals surface area contributed by atoms with Crippen LogP contribution in [0.25, 0.3) is 6.08 Å². The molecule has 10 heteroatoms. The van der Waals surface area contributed by atoms with Crippen molar-refractivity contribution in [1.29, 1.82) is 0 Å². The average Bonchev–Trinajstić information content (AvgIpc) is 3.30. The van der Waals surface area contributed by atoms with Gasteiger partial charge in [-0.1, -0.05) is 41.7 Å². The molecule has 0 saturated heterocycles. The van der Waals surface area contributed by atoms with Crippen molar-refractivity contribution in [3.8, 4) is 17.2 Å². The van der Waals surface area contributed by atoms with E-state index in [1.165, 1.54) is 29.1 Å². The summed E-state index contributed by atoms with van der Waals surface area (Å²) in [7, 11) is 3.07. The second kappa shape index (κ2) is 12.4. The number of carbonyl (C=O) groups excluding carboxylic acids is 1. The maximum absolute atomic E-state index is 13.9. The summed E-state index contributed by atoms with van der Waals surface area (Å²) in [5.74, 6) is 0.718. The lowest BCUT2D eigenvalue weighted by molar-refractivity contribution is -0.139. The highest BCUT2D eigenvalue weighted by Crippen LogP contribution is 2.37. The monoisotopic (exact) mass is 588 g/mol. The molecule has 0 aliphatic carbocycles. The quantitative estimate of drug-likeness (QED) is 0.267. The lowest BCUT2D eigenvalue weighted by Crippen LogP contribution is -2.40. The van der Waals surface area contributed by atoms with Crippen LogP contribution in [0.15, 0.2) is 87.8 Å². The van der Waals surface area contributed by atoms with Crippen molar-refractivity contribution in [2.75, 3.05) is 20.8 Å². The number of fused-ring (bicyclic) bond motifs is 1. The van der Waals surface area contributed by atoms with E-state index in [0.29, 0.717) is 43.4 Å². The standard InChI is InChI=1S/C32H29FN2O6S/c1-5-40-31(37)28-19(2)34-32-35(29(28)24-15-14-23(38-3)17-26(24)39-4)30(36)27(42-32)16-20-10-12-22(13-11-20)41-18-21-8-6-7-9-25(21)33/h6-17,29H,5,18H2,1-4H3/b27-16-. The lowest BCUT2D eigenvalue weighted by Gasteiger charge is -2.26. The van der Waals surface area contributed by atoms with Crippen LogP contribution in [0.2, 0.25) is 0 Å². The highest BCUT2D eigenvalue weighted by molar-refractivity contribution is 7.07. The maximum Gasteiger partial charge on any atom is 0.338 e. The van der Waals surface area contributed by atoms with Gasteiger partial charge in [0.05, 0.1) is 36.6 Å². The van der Waals surface area contributed by atoms with Gasteiger partial charge in [-0.2, -0.15) is 0 Å². The Hall–Kier alpha value is -4.70. The number of rotatable bonds is 9. The van der Waals surface area contributed by atoms with Crippen LogP contribution in [0.3, 0.4) is 0 Å². The van der Waals surface area contributed by atoms with Crippen molar-refractivity contribution in [3.63, 3.8) is 0 Å². The lowest BCUT2D eigenvalue weighted by atomic mass is 9.95. The molecular formula is C32H29FN2O6S. The predicted octanol–water partition coefficient (Wildman–Crippen LogP) is 4.53. The SMILES string of the molecule is CCOC(=O)C1=C(C)N=c2s/c(=C\c3ccc(OCc4ccccc4F)cc3)c(=O)n2C1c1ccc(OC)cc1OC. The van der Waals surface area contributed by atoms with Crippen LogP contribution in [0.4, 0.5) is 4.39 Å². The second-order valence-electron chi connectivity index (χ2n) is 9.36. The first kappa shape index (κ1) is 28.8. The van der Waals surface area contributed by atoms with E-state index < -0.39 is 12.0 Å². The Bertz CT molecular complexity index is 1840. The maximum atomic E-state index is 13.9. The third-order valence-corrected chi connectivity index (χ3v) is 7.77. The molecule has 0 saturated carbocycles. The molecule has 1 aromatic heterocycles. The molecule has 0 amide bonds. The van der Waals surface area contributed by atoms with E-state index in [1.54, 1.807) is 75.6 Å². The molecule has 0 spiro atoms. The number of carbonyl (C=O) groups is 1. The molecule has 8 nitrogen and oxygen atoms in total. The van der Waals surface area contributed by atoms with Gasteiger partial charge in [0.15, 0.2) is 4.80 Å². The number of benzene rings is 3. The predicted molar refractivity (Wildman–Crippen MR) is 157 cm³/mol. The van der Waals surface area contributed by atoms with E-state index >= 15 is 0 Å². The number of halogens is 1. The molecule has 3 aromatic carbocycles. The van der Waals surface area contributed by atoms with Gasteiger partial charge >= 0.3 is 5.97 Å². The van der Waals surface area contributed by atoms with Crippen LogP contribution in [0.5, 0.6) is 17.2 Å². The summed E-state index contributed by atoms with van der Waals surface area (Å²) in [5.41, 5.74) is 2.23. The minimum atomic E-state index is -0.822. The largest absolute Gasteiger partial charge is 0.497 e. The van der Waals surface area contributed by atoms with Crippen LogP contribution in [0.1, 0.15) is 36.6 Å². The Labute approximate surface area is 245 Å². The van der Waals surface area contributed by atoms with Crippen LogP contribution < -0.4 is 29.1 Å². The Kier molecular flexibility index (Phi) is 8.53. The number of aromatic nitrogens is 1. The van der Waals surface area contributed by atoms with Gasteiger partial charge in [-0.15, -0.1) is 0 Å². The van der Waals surface area contributed by atoms with Crippen molar-refractivity contribution in [3.05, 3.63) is 120 Å². The minimum absolute atomic E-state index is 0.0988. The third-order valence-electron chi connectivity index (χ3n) is 6.78. The Morgan fingerprint density at radius 3 is 2.48 bits per heavy atom. The van der Waals surface area contributed by atoms with Gasteiger partial charge in [0, 0.05) is 17.2 Å². The average molecular weight is 589 g/mol. The molecular weight excluding hydrogens is 559 g/mol. The van der Waals surface area contributed by atoms with E-state index in [9.17, 15) is 14.0 Å². The van der Waals surface area contributed by atoms with Crippen molar-refractivity contribution in [1.82, 2.24) is 4.57 Å². The normalized spacial score (nSPS) is 14.7. The van der Waals surface area contributed by atoms with E-state index in [1.807, 2.05) is 12.1 Å². The van der Waals surface area contributed by atoms with E-state index in [-0.39, 0.29) is 30.2 Å². The molecule has 2 heterocycles. The summed E-state index contributed by atoms with van der Waals surface area (Å²) in [5, 5.41) is 0. The van der Waals surface area contributed by atoms with Gasteiger partial charge in [-0.25, -0.2) is 14.2 Å². The van der Waals surface area contributed by atoms with Crippen molar-refractivity contribution < 1.29 is 28.1 Å². The second-order valence-corrected chi connectivity index (χ2v) is 10.4. The summed E-state index contributed by atoms with van der Waals surface area (Å²) in [4.78, 5) is 32.1. The van der Waals surface area contributed by atoms with Gasteiger partial charge in [0.2, 0.25) is 0 Å². The molecule has 216 valence electrons. The molecule has 1 aliphatic heterocycles. The van der Waals surface area contributed by atoms with Crippen LogP contribution >= 0.6 is 11.3 Å². The first-order valence-electron chi connectivity index (χ1n) is 13.2. The molecule has 1 aliphatic rings. The first-order valence-corrected chi connectivity index (χ1v) is 14.0. The number of allylic oxidation sites excluding steroid dienone is 1. The highest BCUT2D eigenvalue weighted by atomic mass is 32.1. The number of thiazole rings is 1. The van der Waals surface area contributed by atoms with Gasteiger partial charge in [-0.05, 0) is 55.8 Å². The smallest absolute Gasteiger partial charge is 0.338 e. The molecule has 1 atom stereocenters. The number of nitrogens with zero attached hydrogens (tertiary/aromatic N) is 2. The molecule has 1 unspecified atom stereocenters. The van der Waals surface area contributed by atoms with Gasteiger partial charge < -0.3 is 18.9 Å². The highest BCUT2D eigenvalue weighted by Gasteiger charge is 2.35. The van der Waals surface area contributed by atoms with Gasteiger partial charge in [0.1, 0.15) is 35.7 Å². The summed E-state index contributed by atoms with van der Waals surface area (Å²) < 4.78 is 38.0. The summed E-state index contributed by atoms with van der Waals surface area (Å²) in [6.45, 7) is 3.72. The van der Waals surface area contributed by atoms with Crippen molar-refractivity contribution >= 4 is 23.4 Å². The van der Waals surface area contributed by atoms with Gasteiger partial charge in [0.25, 0.3) is 5.56 Å². The summed E-state index contributed by atoms with van der Waals surface area (Å²) in [6, 6.07) is 18.0. The third kappa shape index (κ3) is 5.71. The Morgan fingerprint density at radius 1 is 1.05 bits per heavy atom. The number of hydrogen-bond donors (Lipinski definition) is 0. The fraction of sp³-hybridized carbons (Fsp3) is 0.219. The minimum Gasteiger partial charge on any atom is -0.497 e. The number of hydrogen-bond acceptors (Lipinski definition) is 8. The molecule has 42 heavy (non-hydrogen) atoms. The van der Waals surface area contributed by atoms with Gasteiger partial charge in [-0.3, -0.25) is 9.36 Å². The molecule has 4 aromatic rings. The molecule has 0 fully saturated rings. The number of ether oxygens (including phenoxy) is 4. The Balaban J connectivity index is 1.54.